The number of benzene rings is 1. The maximum Gasteiger partial charge on any atom is 0.319 e. The second-order valence-corrected chi connectivity index (χ2v) is 6.10. The van der Waals surface area contributed by atoms with Crippen LogP contribution in [0.25, 0.3) is 11.4 Å². The van der Waals surface area contributed by atoms with Gasteiger partial charge in [-0.15, -0.1) is 10.2 Å². The van der Waals surface area contributed by atoms with E-state index in [1.807, 2.05) is 18.2 Å². The number of aryl methyl sites for hydroxylation is 1. The topological polar surface area (TPSA) is 57.0 Å². The number of rotatable bonds is 4. The van der Waals surface area contributed by atoms with Gasteiger partial charge in [-0.05, 0) is 19.4 Å². The normalized spacial score (nSPS) is 18.0. The summed E-state index contributed by atoms with van der Waals surface area (Å²) in [6.07, 6.45) is 0.736. The third kappa shape index (κ3) is 2.68. The van der Waals surface area contributed by atoms with Crippen LogP contribution >= 0.6 is 11.8 Å². The van der Waals surface area contributed by atoms with E-state index < -0.39 is 0 Å². The summed E-state index contributed by atoms with van der Waals surface area (Å²) >= 11 is 1.45. The summed E-state index contributed by atoms with van der Waals surface area (Å²) in [7, 11) is 0. The number of carbonyl (C=O) groups is 1. The fourth-order valence-corrected chi connectivity index (χ4v) is 3.46. The molecule has 0 spiro atoms. The quantitative estimate of drug-likeness (QED) is 0.813. The minimum absolute atomic E-state index is 0.150. The van der Waals surface area contributed by atoms with E-state index in [9.17, 15) is 4.79 Å². The Morgan fingerprint density at radius 3 is 2.86 bits per heavy atom. The molecular formula is C15H17N3O2S. The molecule has 0 saturated carbocycles. The van der Waals surface area contributed by atoms with Crippen LogP contribution in [0.3, 0.4) is 0 Å². The van der Waals surface area contributed by atoms with Gasteiger partial charge in [-0.3, -0.25) is 4.79 Å². The molecule has 5 nitrogen and oxygen atoms in total. The van der Waals surface area contributed by atoms with Crippen LogP contribution < -0.4 is 0 Å². The summed E-state index contributed by atoms with van der Waals surface area (Å²) in [5.41, 5.74) is 2.24. The number of thioether (sulfide) groups is 1. The Bertz CT molecular complexity index is 669. The number of nitrogens with zero attached hydrogens (tertiary/aromatic N) is 3. The van der Waals surface area contributed by atoms with Crippen molar-refractivity contribution < 1.29 is 9.53 Å². The number of hydrogen-bond acceptors (Lipinski definition) is 5. The molecule has 2 aromatic rings. The largest absolute Gasteiger partial charge is 0.465 e. The average molecular weight is 303 g/mol. The molecule has 1 aliphatic rings. The number of cyclic esters (lactones) is 1. The molecule has 1 fully saturated rings. The zero-order chi connectivity index (χ0) is 14.8. The van der Waals surface area contributed by atoms with Crippen molar-refractivity contribution in [3.63, 3.8) is 0 Å². The molecule has 0 unspecified atom stereocenters. The minimum Gasteiger partial charge on any atom is -0.465 e. The van der Waals surface area contributed by atoms with Gasteiger partial charge in [-0.1, -0.05) is 36.0 Å². The highest BCUT2D eigenvalue weighted by molar-refractivity contribution is 8.00. The van der Waals surface area contributed by atoms with Crippen molar-refractivity contribution in [3.05, 3.63) is 29.8 Å². The first kappa shape index (κ1) is 14.1. The molecular weight excluding hydrogens is 286 g/mol. The molecule has 2 heterocycles. The number of aromatic nitrogens is 3. The zero-order valence-corrected chi connectivity index (χ0v) is 12.9. The molecule has 0 bridgehead atoms. The van der Waals surface area contributed by atoms with E-state index in [1.54, 1.807) is 0 Å². The Labute approximate surface area is 127 Å². The minimum atomic E-state index is -0.163. The van der Waals surface area contributed by atoms with Crippen LogP contribution in [0.15, 0.2) is 29.4 Å². The summed E-state index contributed by atoms with van der Waals surface area (Å²) in [6, 6.07) is 8.11. The van der Waals surface area contributed by atoms with Crippen molar-refractivity contribution in [1.82, 2.24) is 14.8 Å². The maximum absolute atomic E-state index is 11.6. The van der Waals surface area contributed by atoms with Crippen LogP contribution in [0.2, 0.25) is 0 Å². The van der Waals surface area contributed by atoms with Gasteiger partial charge in [0.25, 0.3) is 0 Å². The van der Waals surface area contributed by atoms with Crippen LogP contribution in [-0.4, -0.2) is 32.6 Å². The number of carbonyl (C=O) groups excluding carboxylic acids is 1. The third-order valence-corrected chi connectivity index (χ3v) is 4.78. The summed E-state index contributed by atoms with van der Waals surface area (Å²) < 4.78 is 7.06. The molecule has 1 aromatic heterocycles. The summed E-state index contributed by atoms with van der Waals surface area (Å²) in [6.45, 7) is 5.38. The Hall–Kier alpha value is -1.82. The zero-order valence-electron chi connectivity index (χ0n) is 12.1. The highest BCUT2D eigenvalue weighted by atomic mass is 32.2. The maximum atomic E-state index is 11.6. The van der Waals surface area contributed by atoms with Gasteiger partial charge in [0.2, 0.25) is 0 Å². The SMILES string of the molecule is CCn1c(S[C@@H]2CCOC2=O)nnc1-c1ccccc1C. The van der Waals surface area contributed by atoms with E-state index in [4.69, 9.17) is 4.74 Å². The summed E-state index contributed by atoms with van der Waals surface area (Å²) in [4.78, 5) is 11.6. The van der Waals surface area contributed by atoms with Crippen LogP contribution in [-0.2, 0) is 16.1 Å². The predicted octanol–water partition coefficient (Wildman–Crippen LogP) is 2.68. The van der Waals surface area contributed by atoms with Crippen molar-refractivity contribution in [2.24, 2.45) is 0 Å². The first-order valence-corrected chi connectivity index (χ1v) is 7.91. The van der Waals surface area contributed by atoms with E-state index in [0.717, 1.165) is 35.1 Å². The molecule has 1 saturated heterocycles. The van der Waals surface area contributed by atoms with Crippen LogP contribution in [0.1, 0.15) is 18.9 Å². The van der Waals surface area contributed by atoms with Crippen molar-refractivity contribution in [2.75, 3.05) is 6.61 Å². The molecule has 21 heavy (non-hydrogen) atoms. The molecule has 110 valence electrons. The van der Waals surface area contributed by atoms with Crippen molar-refractivity contribution in [2.45, 2.75) is 37.2 Å². The molecule has 3 rings (SSSR count). The molecule has 0 aliphatic carbocycles. The first-order chi connectivity index (χ1) is 10.2. The van der Waals surface area contributed by atoms with Gasteiger partial charge in [0.1, 0.15) is 5.25 Å². The molecule has 1 atom stereocenters. The lowest BCUT2D eigenvalue weighted by atomic mass is 10.1. The summed E-state index contributed by atoms with van der Waals surface area (Å²) in [5, 5.41) is 9.21. The number of hydrogen-bond donors (Lipinski definition) is 0. The monoisotopic (exact) mass is 303 g/mol. The second-order valence-electron chi connectivity index (χ2n) is 4.93. The van der Waals surface area contributed by atoms with Gasteiger partial charge in [-0.25, -0.2) is 0 Å². The van der Waals surface area contributed by atoms with Gasteiger partial charge < -0.3 is 9.30 Å². The summed E-state index contributed by atoms with van der Waals surface area (Å²) in [5.74, 6) is 0.701. The number of esters is 1. The van der Waals surface area contributed by atoms with E-state index in [2.05, 4.69) is 34.7 Å². The van der Waals surface area contributed by atoms with Crippen molar-refractivity contribution >= 4 is 17.7 Å². The van der Waals surface area contributed by atoms with E-state index in [1.165, 1.54) is 11.8 Å². The highest BCUT2D eigenvalue weighted by Gasteiger charge is 2.30. The molecule has 6 heteroatoms. The van der Waals surface area contributed by atoms with E-state index >= 15 is 0 Å². The lowest BCUT2D eigenvalue weighted by Gasteiger charge is -2.10. The predicted molar refractivity (Wildman–Crippen MR) is 81.1 cm³/mol. The van der Waals surface area contributed by atoms with Crippen molar-refractivity contribution in [1.29, 1.82) is 0 Å². The van der Waals surface area contributed by atoms with E-state index in [0.29, 0.717) is 6.61 Å². The van der Waals surface area contributed by atoms with Gasteiger partial charge in [0.15, 0.2) is 11.0 Å². The first-order valence-electron chi connectivity index (χ1n) is 7.03. The van der Waals surface area contributed by atoms with Gasteiger partial charge in [0, 0.05) is 18.5 Å². The Morgan fingerprint density at radius 2 is 2.19 bits per heavy atom. The van der Waals surface area contributed by atoms with Gasteiger partial charge in [0.05, 0.1) is 6.61 Å². The van der Waals surface area contributed by atoms with Crippen LogP contribution in [0, 0.1) is 6.92 Å². The standard InChI is InChI=1S/C15H17N3O2S/c1-3-18-13(11-7-5-4-6-10(11)2)16-17-15(18)21-12-8-9-20-14(12)19/h4-7,12H,3,8-9H2,1-2H3/t12-/m1/s1. The number of ether oxygens (including phenoxy) is 1. The van der Waals surface area contributed by atoms with Gasteiger partial charge in [-0.2, -0.15) is 0 Å². The Kier molecular flexibility index (Phi) is 3.96. The van der Waals surface area contributed by atoms with Crippen LogP contribution in [0.4, 0.5) is 0 Å². The fraction of sp³-hybridized carbons (Fsp3) is 0.400. The fourth-order valence-electron chi connectivity index (χ4n) is 2.40. The Balaban J connectivity index is 1.94. The second kappa shape index (κ2) is 5.89. The van der Waals surface area contributed by atoms with Crippen molar-refractivity contribution in [3.8, 4) is 11.4 Å². The molecule has 1 aliphatic heterocycles. The van der Waals surface area contributed by atoms with Crippen LogP contribution in [0.5, 0.6) is 0 Å². The molecule has 0 N–H and O–H groups in total. The molecule has 0 radical (unpaired) electrons. The lowest BCUT2D eigenvalue weighted by Crippen LogP contribution is -2.11. The third-order valence-electron chi connectivity index (χ3n) is 3.55. The average Bonchev–Trinajstić information content (AvgIpc) is 3.07. The highest BCUT2D eigenvalue weighted by Crippen LogP contribution is 2.31. The smallest absolute Gasteiger partial charge is 0.319 e. The molecule has 0 amide bonds. The van der Waals surface area contributed by atoms with E-state index in [-0.39, 0.29) is 11.2 Å². The lowest BCUT2D eigenvalue weighted by molar-refractivity contribution is -0.137. The molecule has 1 aromatic carbocycles. The van der Waals surface area contributed by atoms with Gasteiger partial charge >= 0.3 is 5.97 Å². The Morgan fingerprint density at radius 1 is 1.38 bits per heavy atom.